The zero-order valence-corrected chi connectivity index (χ0v) is 11.1. The van der Waals surface area contributed by atoms with Gasteiger partial charge in [-0.05, 0) is 27.7 Å². The fourth-order valence-corrected chi connectivity index (χ4v) is 2.17. The summed E-state index contributed by atoms with van der Waals surface area (Å²) in [6.07, 6.45) is -2.16. The van der Waals surface area contributed by atoms with Crippen molar-refractivity contribution >= 4 is 0 Å². The van der Waals surface area contributed by atoms with Gasteiger partial charge in [-0.3, -0.25) is 0 Å². The van der Waals surface area contributed by atoms with Gasteiger partial charge in [-0.2, -0.15) is 0 Å². The van der Waals surface area contributed by atoms with Gasteiger partial charge in [0.15, 0.2) is 6.29 Å². The average Bonchev–Trinajstić information content (AvgIpc) is 2.29. The molecular formula is C12H24O5. The molecule has 1 saturated heterocycles. The lowest BCUT2D eigenvalue weighted by Crippen LogP contribution is -2.59. The summed E-state index contributed by atoms with van der Waals surface area (Å²) in [5.41, 5.74) is 0. The maximum absolute atomic E-state index is 9.87. The molecule has 1 heterocycles. The summed E-state index contributed by atoms with van der Waals surface area (Å²) in [4.78, 5) is 0. The molecule has 5 atom stereocenters. The van der Waals surface area contributed by atoms with E-state index in [1.807, 2.05) is 27.7 Å². The summed E-state index contributed by atoms with van der Waals surface area (Å²) in [5, 5.41) is 9.87. The molecule has 17 heavy (non-hydrogen) atoms. The van der Waals surface area contributed by atoms with E-state index in [0.29, 0.717) is 19.8 Å². The second-order valence-electron chi connectivity index (χ2n) is 3.99. The Labute approximate surface area is 103 Å². The SMILES string of the molecule is CCO[C@@H]1[C@@H](OCC)[C@H](C)O[C@@H](O)[C@@H]1OCC. The number of ether oxygens (including phenoxy) is 4. The van der Waals surface area contributed by atoms with Crippen LogP contribution in [0.5, 0.6) is 0 Å². The number of hydrogen-bond donors (Lipinski definition) is 1. The van der Waals surface area contributed by atoms with E-state index in [-0.39, 0.29) is 18.3 Å². The lowest BCUT2D eigenvalue weighted by Gasteiger charge is -2.43. The van der Waals surface area contributed by atoms with Crippen LogP contribution >= 0.6 is 0 Å². The van der Waals surface area contributed by atoms with Crippen molar-refractivity contribution in [1.82, 2.24) is 0 Å². The molecule has 0 aromatic rings. The summed E-state index contributed by atoms with van der Waals surface area (Å²) in [5.74, 6) is 0. The van der Waals surface area contributed by atoms with E-state index in [1.165, 1.54) is 0 Å². The first-order valence-electron chi connectivity index (χ1n) is 6.33. The minimum absolute atomic E-state index is 0.208. The highest BCUT2D eigenvalue weighted by atomic mass is 16.7. The van der Waals surface area contributed by atoms with Gasteiger partial charge in [0.2, 0.25) is 0 Å². The molecule has 0 saturated carbocycles. The third kappa shape index (κ3) is 3.63. The quantitative estimate of drug-likeness (QED) is 0.758. The molecule has 102 valence electrons. The third-order valence-electron chi connectivity index (χ3n) is 2.82. The van der Waals surface area contributed by atoms with E-state index in [9.17, 15) is 5.11 Å². The number of aliphatic hydroxyl groups is 1. The Morgan fingerprint density at radius 3 is 1.88 bits per heavy atom. The molecule has 0 aromatic heterocycles. The van der Waals surface area contributed by atoms with Crippen molar-refractivity contribution in [1.29, 1.82) is 0 Å². The van der Waals surface area contributed by atoms with E-state index < -0.39 is 12.4 Å². The molecule has 1 N–H and O–H groups in total. The Morgan fingerprint density at radius 1 is 0.882 bits per heavy atom. The topological polar surface area (TPSA) is 57.2 Å². The lowest BCUT2D eigenvalue weighted by atomic mass is 9.99. The molecule has 0 bridgehead atoms. The molecule has 0 unspecified atom stereocenters. The van der Waals surface area contributed by atoms with Crippen molar-refractivity contribution < 1.29 is 24.1 Å². The molecule has 5 heteroatoms. The number of aliphatic hydroxyl groups excluding tert-OH is 1. The van der Waals surface area contributed by atoms with Gasteiger partial charge < -0.3 is 24.1 Å². The van der Waals surface area contributed by atoms with Gasteiger partial charge in [0.25, 0.3) is 0 Å². The van der Waals surface area contributed by atoms with Crippen LogP contribution in [0.3, 0.4) is 0 Å². The maximum Gasteiger partial charge on any atom is 0.184 e. The van der Waals surface area contributed by atoms with Crippen molar-refractivity contribution in [2.75, 3.05) is 19.8 Å². The molecular weight excluding hydrogens is 224 g/mol. The van der Waals surface area contributed by atoms with Gasteiger partial charge in [0.1, 0.15) is 18.3 Å². The molecule has 1 aliphatic heterocycles. The second-order valence-corrected chi connectivity index (χ2v) is 3.99. The van der Waals surface area contributed by atoms with Gasteiger partial charge >= 0.3 is 0 Å². The fourth-order valence-electron chi connectivity index (χ4n) is 2.17. The molecule has 0 radical (unpaired) electrons. The first-order chi connectivity index (χ1) is 8.15. The summed E-state index contributed by atoms with van der Waals surface area (Å²) in [7, 11) is 0. The van der Waals surface area contributed by atoms with Crippen LogP contribution in [0.15, 0.2) is 0 Å². The summed E-state index contributed by atoms with van der Waals surface area (Å²) in [6, 6.07) is 0. The van der Waals surface area contributed by atoms with Gasteiger partial charge in [0.05, 0.1) is 6.10 Å². The Kier molecular flexibility index (Phi) is 6.37. The highest BCUT2D eigenvalue weighted by Gasteiger charge is 2.45. The molecule has 0 aliphatic carbocycles. The third-order valence-corrected chi connectivity index (χ3v) is 2.82. The van der Waals surface area contributed by atoms with Crippen molar-refractivity contribution in [2.45, 2.75) is 58.4 Å². The van der Waals surface area contributed by atoms with E-state index in [2.05, 4.69) is 0 Å². The molecule has 1 aliphatic rings. The van der Waals surface area contributed by atoms with Crippen LogP contribution < -0.4 is 0 Å². The minimum Gasteiger partial charge on any atom is -0.373 e. The van der Waals surface area contributed by atoms with E-state index in [4.69, 9.17) is 18.9 Å². The standard InChI is InChI=1S/C12H24O5/c1-5-14-9-8(4)17-12(13)11(16-7-3)10(9)15-6-2/h8-13H,5-7H2,1-4H3/t8-,9-,10+,11+,12+/m0/s1. The second kappa shape index (κ2) is 7.28. The van der Waals surface area contributed by atoms with Gasteiger partial charge in [-0.1, -0.05) is 0 Å². The zero-order chi connectivity index (χ0) is 12.8. The Balaban J connectivity index is 2.78. The Bertz CT molecular complexity index is 193. The van der Waals surface area contributed by atoms with Crippen LogP contribution in [-0.2, 0) is 18.9 Å². The maximum atomic E-state index is 9.87. The fraction of sp³-hybridized carbons (Fsp3) is 1.00. The monoisotopic (exact) mass is 248 g/mol. The van der Waals surface area contributed by atoms with E-state index in [1.54, 1.807) is 0 Å². The Hall–Kier alpha value is -0.200. The van der Waals surface area contributed by atoms with Crippen LogP contribution in [0.2, 0.25) is 0 Å². The highest BCUT2D eigenvalue weighted by Crippen LogP contribution is 2.26. The predicted molar refractivity (Wildman–Crippen MR) is 62.8 cm³/mol. The minimum atomic E-state index is -0.960. The molecule has 0 spiro atoms. The summed E-state index contributed by atoms with van der Waals surface area (Å²) in [6.45, 7) is 9.23. The van der Waals surface area contributed by atoms with Crippen LogP contribution in [-0.4, -0.2) is 55.6 Å². The van der Waals surface area contributed by atoms with Crippen LogP contribution in [0.25, 0.3) is 0 Å². The van der Waals surface area contributed by atoms with Crippen molar-refractivity contribution in [3.8, 4) is 0 Å². The molecule has 5 nitrogen and oxygen atoms in total. The summed E-state index contributed by atoms with van der Waals surface area (Å²) < 4.78 is 22.2. The van der Waals surface area contributed by atoms with Crippen LogP contribution in [0, 0.1) is 0 Å². The normalized spacial score (nSPS) is 38.3. The first-order valence-corrected chi connectivity index (χ1v) is 6.33. The van der Waals surface area contributed by atoms with Crippen LogP contribution in [0.1, 0.15) is 27.7 Å². The average molecular weight is 248 g/mol. The first kappa shape index (κ1) is 14.9. The molecule has 0 amide bonds. The molecule has 1 fully saturated rings. The predicted octanol–water partition coefficient (Wildman–Crippen LogP) is 0.939. The van der Waals surface area contributed by atoms with E-state index >= 15 is 0 Å². The van der Waals surface area contributed by atoms with Crippen molar-refractivity contribution in [2.24, 2.45) is 0 Å². The van der Waals surface area contributed by atoms with E-state index in [0.717, 1.165) is 0 Å². The van der Waals surface area contributed by atoms with Crippen molar-refractivity contribution in [3.63, 3.8) is 0 Å². The van der Waals surface area contributed by atoms with Gasteiger partial charge in [0, 0.05) is 19.8 Å². The van der Waals surface area contributed by atoms with Gasteiger partial charge in [-0.15, -0.1) is 0 Å². The zero-order valence-electron chi connectivity index (χ0n) is 11.1. The number of hydrogen-bond acceptors (Lipinski definition) is 5. The lowest BCUT2D eigenvalue weighted by molar-refractivity contribution is -0.301. The highest BCUT2D eigenvalue weighted by molar-refractivity contribution is 4.90. The molecule has 1 rings (SSSR count). The van der Waals surface area contributed by atoms with Crippen molar-refractivity contribution in [3.05, 3.63) is 0 Å². The summed E-state index contributed by atoms with van der Waals surface area (Å²) >= 11 is 0. The number of rotatable bonds is 6. The Morgan fingerprint density at radius 2 is 1.35 bits per heavy atom. The largest absolute Gasteiger partial charge is 0.373 e. The smallest absolute Gasteiger partial charge is 0.184 e. The van der Waals surface area contributed by atoms with Crippen LogP contribution in [0.4, 0.5) is 0 Å². The molecule has 0 aromatic carbocycles. The van der Waals surface area contributed by atoms with Gasteiger partial charge in [-0.25, -0.2) is 0 Å².